The van der Waals surface area contributed by atoms with Gasteiger partial charge in [0.2, 0.25) is 5.91 Å². The maximum Gasteiger partial charge on any atom is 0.573 e. The Hall–Kier alpha value is -3.63. The molecule has 0 atom stereocenters. The van der Waals surface area contributed by atoms with Gasteiger partial charge in [0.05, 0.1) is 24.8 Å². The van der Waals surface area contributed by atoms with E-state index >= 15 is 0 Å². The molecule has 1 heterocycles. The number of nitrogens with one attached hydrogen (secondary N) is 1. The molecule has 0 aliphatic heterocycles. The van der Waals surface area contributed by atoms with Crippen molar-refractivity contribution in [3.8, 4) is 28.4 Å². The molecule has 11 heteroatoms. The first kappa shape index (κ1) is 25.5. The maximum atomic E-state index is 12.6. The van der Waals surface area contributed by atoms with Crippen molar-refractivity contribution in [2.24, 2.45) is 0 Å². The van der Waals surface area contributed by atoms with Gasteiger partial charge in [0.15, 0.2) is 5.16 Å². The topological polar surface area (TPSA) is 65.4 Å². The van der Waals surface area contributed by atoms with Gasteiger partial charge in [0.25, 0.3) is 0 Å². The monoisotopic (exact) mass is 533 g/mol. The fourth-order valence-corrected chi connectivity index (χ4v) is 4.23. The molecular weight excluding hydrogens is 515 g/mol. The van der Waals surface area contributed by atoms with E-state index < -0.39 is 6.36 Å². The molecule has 1 aromatic heterocycles. The number of anilines is 1. The van der Waals surface area contributed by atoms with Gasteiger partial charge in [-0.1, -0.05) is 23.4 Å². The fraction of sp³-hybridized carbons (Fsp3) is 0.120. The smallest absolute Gasteiger partial charge is 0.497 e. The minimum Gasteiger partial charge on any atom is -0.497 e. The summed E-state index contributed by atoms with van der Waals surface area (Å²) in [5.74, 6) is 0.134. The Labute approximate surface area is 214 Å². The van der Waals surface area contributed by atoms with Crippen LogP contribution in [-0.2, 0) is 4.79 Å². The molecule has 3 aromatic carbocycles. The Kier molecular flexibility index (Phi) is 7.76. The average molecular weight is 534 g/mol. The molecule has 0 saturated heterocycles. The van der Waals surface area contributed by atoms with Crippen LogP contribution in [0.2, 0.25) is 5.02 Å². The van der Waals surface area contributed by atoms with E-state index in [0.717, 1.165) is 5.56 Å². The molecule has 4 aromatic rings. The lowest BCUT2D eigenvalue weighted by Crippen LogP contribution is -2.17. The predicted octanol–water partition coefficient (Wildman–Crippen LogP) is 6.83. The molecule has 0 spiro atoms. The second-order valence-corrected chi connectivity index (χ2v) is 8.75. The number of thioether (sulfide) groups is 1. The average Bonchev–Trinajstić information content (AvgIpc) is 3.28. The minimum atomic E-state index is -4.79. The van der Waals surface area contributed by atoms with E-state index in [-0.39, 0.29) is 17.4 Å². The molecule has 1 N–H and O–H groups in total. The highest BCUT2D eigenvalue weighted by Gasteiger charge is 2.31. The van der Waals surface area contributed by atoms with Gasteiger partial charge in [-0.2, -0.15) is 0 Å². The number of ether oxygens (including phenoxy) is 2. The number of imidazole rings is 1. The first-order chi connectivity index (χ1) is 17.2. The highest BCUT2D eigenvalue weighted by molar-refractivity contribution is 7.99. The molecule has 4 rings (SSSR count). The van der Waals surface area contributed by atoms with Gasteiger partial charge in [0.1, 0.15) is 11.5 Å². The second kappa shape index (κ2) is 11.0. The van der Waals surface area contributed by atoms with Crippen LogP contribution in [0.3, 0.4) is 0 Å². The molecule has 1 amide bonds. The maximum absolute atomic E-state index is 12.6. The Bertz CT molecular complexity index is 1330. The lowest BCUT2D eigenvalue weighted by molar-refractivity contribution is -0.274. The summed E-state index contributed by atoms with van der Waals surface area (Å²) in [6.07, 6.45) is -3.15. The number of carbonyl (C=O) groups excluding carboxylic acids is 1. The first-order valence-electron chi connectivity index (χ1n) is 10.5. The number of benzene rings is 3. The number of amides is 1. The summed E-state index contributed by atoms with van der Waals surface area (Å²) >= 11 is 7.07. The SMILES string of the molecule is COc1ccc(-c2cnc(SCC(=O)Nc3ccc(Cl)cc3)n2-c2ccc(OC(F)(F)F)cc2)cc1. The highest BCUT2D eigenvalue weighted by Crippen LogP contribution is 2.32. The predicted molar refractivity (Wildman–Crippen MR) is 133 cm³/mol. The van der Waals surface area contributed by atoms with E-state index in [1.807, 2.05) is 12.1 Å². The van der Waals surface area contributed by atoms with E-state index in [1.165, 1.54) is 36.0 Å². The highest BCUT2D eigenvalue weighted by atomic mass is 35.5. The van der Waals surface area contributed by atoms with Gasteiger partial charge in [-0.25, -0.2) is 4.98 Å². The normalized spacial score (nSPS) is 11.2. The van der Waals surface area contributed by atoms with Gasteiger partial charge in [-0.15, -0.1) is 13.2 Å². The van der Waals surface area contributed by atoms with Crippen molar-refractivity contribution in [1.82, 2.24) is 9.55 Å². The summed E-state index contributed by atoms with van der Waals surface area (Å²) < 4.78 is 48.7. The van der Waals surface area contributed by atoms with Gasteiger partial charge in [0, 0.05) is 22.0 Å². The number of hydrogen-bond donors (Lipinski definition) is 1. The number of nitrogens with zero attached hydrogens (tertiary/aromatic N) is 2. The summed E-state index contributed by atoms with van der Waals surface area (Å²) in [6.45, 7) is 0. The van der Waals surface area contributed by atoms with E-state index in [1.54, 1.807) is 54.3 Å². The Morgan fingerprint density at radius 1 is 1.00 bits per heavy atom. The standard InChI is InChI=1S/C25H19ClF3N3O3S/c1-34-20-10-2-16(3-11-20)22-14-30-24(36-15-23(33)31-18-6-4-17(26)5-7-18)32(22)19-8-12-21(13-9-19)35-25(27,28)29/h2-14H,15H2,1H3,(H,31,33). The number of methoxy groups -OCH3 is 1. The molecule has 0 saturated carbocycles. The van der Waals surface area contributed by atoms with Gasteiger partial charge in [-0.3, -0.25) is 9.36 Å². The van der Waals surface area contributed by atoms with Crippen molar-refractivity contribution in [2.45, 2.75) is 11.5 Å². The summed E-state index contributed by atoms with van der Waals surface area (Å²) in [5, 5.41) is 3.83. The summed E-state index contributed by atoms with van der Waals surface area (Å²) in [4.78, 5) is 17.0. The number of hydrogen-bond acceptors (Lipinski definition) is 5. The third-order valence-corrected chi connectivity index (χ3v) is 6.11. The molecule has 0 aliphatic carbocycles. The van der Waals surface area contributed by atoms with E-state index in [9.17, 15) is 18.0 Å². The quantitative estimate of drug-likeness (QED) is 0.251. The third-order valence-electron chi connectivity index (χ3n) is 4.90. The Morgan fingerprint density at radius 2 is 1.64 bits per heavy atom. The number of carbonyl (C=O) groups is 1. The summed E-state index contributed by atoms with van der Waals surface area (Å²) in [5.41, 5.74) is 2.64. The zero-order valence-corrected chi connectivity index (χ0v) is 20.3. The zero-order valence-electron chi connectivity index (χ0n) is 18.8. The van der Waals surface area contributed by atoms with Crippen LogP contribution in [0.1, 0.15) is 0 Å². The zero-order chi connectivity index (χ0) is 25.7. The molecule has 0 fully saturated rings. The van der Waals surface area contributed by atoms with Crippen molar-refractivity contribution in [3.63, 3.8) is 0 Å². The van der Waals surface area contributed by atoms with E-state index in [2.05, 4.69) is 15.0 Å². The van der Waals surface area contributed by atoms with Crippen LogP contribution in [-0.4, -0.2) is 34.7 Å². The van der Waals surface area contributed by atoms with E-state index in [4.69, 9.17) is 16.3 Å². The molecule has 0 unspecified atom stereocenters. The van der Waals surface area contributed by atoms with Crippen molar-refractivity contribution in [1.29, 1.82) is 0 Å². The van der Waals surface area contributed by atoms with Crippen molar-refractivity contribution >= 4 is 35.0 Å². The number of halogens is 4. The summed E-state index contributed by atoms with van der Waals surface area (Å²) in [6, 6.07) is 19.4. The van der Waals surface area contributed by atoms with Crippen LogP contribution in [0, 0.1) is 0 Å². The van der Waals surface area contributed by atoms with Crippen LogP contribution in [0.15, 0.2) is 84.1 Å². The lowest BCUT2D eigenvalue weighted by atomic mass is 10.1. The fourth-order valence-electron chi connectivity index (χ4n) is 3.31. The number of rotatable bonds is 8. The van der Waals surface area contributed by atoms with Gasteiger partial charge >= 0.3 is 6.36 Å². The van der Waals surface area contributed by atoms with Crippen LogP contribution in [0.4, 0.5) is 18.9 Å². The van der Waals surface area contributed by atoms with E-state index in [0.29, 0.717) is 33.0 Å². The number of aromatic nitrogens is 2. The van der Waals surface area contributed by atoms with Crippen molar-refractivity contribution in [2.75, 3.05) is 18.2 Å². The van der Waals surface area contributed by atoms with Crippen LogP contribution < -0.4 is 14.8 Å². The molecule has 0 radical (unpaired) electrons. The second-order valence-electron chi connectivity index (χ2n) is 7.38. The van der Waals surface area contributed by atoms with Crippen LogP contribution >= 0.6 is 23.4 Å². The largest absolute Gasteiger partial charge is 0.573 e. The minimum absolute atomic E-state index is 0.0525. The Balaban J connectivity index is 1.60. The molecule has 6 nitrogen and oxygen atoms in total. The van der Waals surface area contributed by atoms with Crippen molar-refractivity contribution < 1.29 is 27.4 Å². The molecule has 36 heavy (non-hydrogen) atoms. The molecule has 186 valence electrons. The van der Waals surface area contributed by atoms with Crippen molar-refractivity contribution in [3.05, 3.63) is 84.0 Å². The summed E-state index contributed by atoms with van der Waals surface area (Å²) in [7, 11) is 1.56. The molecule has 0 bridgehead atoms. The first-order valence-corrected chi connectivity index (χ1v) is 11.8. The van der Waals surface area contributed by atoms with Crippen LogP contribution in [0.5, 0.6) is 11.5 Å². The molecule has 0 aliphatic rings. The third kappa shape index (κ3) is 6.52. The lowest BCUT2D eigenvalue weighted by Gasteiger charge is -2.14. The molecular formula is C25H19ClF3N3O3S. The Morgan fingerprint density at radius 3 is 2.25 bits per heavy atom. The van der Waals surface area contributed by atoms with Gasteiger partial charge in [-0.05, 0) is 72.8 Å². The number of alkyl halides is 3. The van der Waals surface area contributed by atoms with Crippen LogP contribution in [0.25, 0.3) is 16.9 Å². The van der Waals surface area contributed by atoms with Gasteiger partial charge < -0.3 is 14.8 Å².